The third-order valence-corrected chi connectivity index (χ3v) is 2.89. The van der Waals surface area contributed by atoms with Crippen LogP contribution in [0.2, 0.25) is 0 Å². The number of nitrogens with zero attached hydrogens (tertiary/aromatic N) is 1. The number of fused-ring (bicyclic) bond motifs is 1. The Kier molecular flexibility index (Phi) is 2.62. The largest absolute Gasteiger partial charge is 0.452 e. The van der Waals surface area contributed by atoms with Crippen LogP contribution in [0.3, 0.4) is 0 Å². The van der Waals surface area contributed by atoms with Crippen LogP contribution in [-0.2, 0) is 0 Å². The molecule has 90 valence electrons. The van der Waals surface area contributed by atoms with Gasteiger partial charge in [-0.1, -0.05) is 24.3 Å². The van der Waals surface area contributed by atoms with Crippen LogP contribution < -0.4 is 4.74 Å². The molecule has 0 aliphatic carbocycles. The lowest BCUT2D eigenvalue weighted by atomic mass is 10.1. The van der Waals surface area contributed by atoms with E-state index in [9.17, 15) is 4.79 Å². The number of nitriles is 1. The summed E-state index contributed by atoms with van der Waals surface area (Å²) >= 11 is 0. The molecule has 3 nitrogen and oxygen atoms in total. The van der Waals surface area contributed by atoms with Crippen molar-refractivity contribution in [1.29, 1.82) is 5.26 Å². The molecule has 19 heavy (non-hydrogen) atoms. The number of carbonyl (C=O) groups excluding carboxylic acids is 1. The smallest absolute Gasteiger partial charge is 0.231 e. The van der Waals surface area contributed by atoms with Gasteiger partial charge in [0.2, 0.25) is 5.78 Å². The Bertz CT molecular complexity index is 738. The van der Waals surface area contributed by atoms with Crippen molar-refractivity contribution in [3.05, 3.63) is 71.0 Å². The zero-order valence-corrected chi connectivity index (χ0v) is 9.96. The predicted octanol–water partition coefficient (Wildman–Crippen LogP) is 3.17. The van der Waals surface area contributed by atoms with E-state index in [1.165, 1.54) is 0 Å². The Labute approximate surface area is 110 Å². The number of allylic oxidation sites excluding steroid dienone is 1. The summed E-state index contributed by atoms with van der Waals surface area (Å²) in [5.41, 5.74) is 1.90. The number of hydrogen-bond donors (Lipinski definition) is 0. The van der Waals surface area contributed by atoms with E-state index < -0.39 is 0 Å². The SMILES string of the molecule is N#Cc1cccc(C=C2Oc3ccccc3C2=O)c1. The highest BCUT2D eigenvalue weighted by Gasteiger charge is 2.26. The van der Waals surface area contributed by atoms with Crippen molar-refractivity contribution in [3.63, 3.8) is 0 Å². The standard InChI is InChI=1S/C16H9NO2/c17-10-12-5-3-4-11(8-12)9-15-16(18)13-6-1-2-7-14(13)19-15/h1-9H. The number of ether oxygens (including phenoxy) is 1. The van der Waals surface area contributed by atoms with E-state index >= 15 is 0 Å². The molecule has 0 unspecified atom stereocenters. The summed E-state index contributed by atoms with van der Waals surface area (Å²) in [4.78, 5) is 12.1. The van der Waals surface area contributed by atoms with Gasteiger partial charge in [0.15, 0.2) is 5.76 Å². The van der Waals surface area contributed by atoms with Crippen LogP contribution in [0.1, 0.15) is 21.5 Å². The molecule has 1 heterocycles. The molecule has 0 bridgehead atoms. The number of ketones is 1. The Morgan fingerprint density at radius 2 is 1.95 bits per heavy atom. The van der Waals surface area contributed by atoms with E-state index in [2.05, 4.69) is 6.07 Å². The number of benzene rings is 2. The highest BCUT2D eigenvalue weighted by Crippen LogP contribution is 2.31. The number of hydrogen-bond acceptors (Lipinski definition) is 3. The Hall–Kier alpha value is -2.86. The molecule has 0 N–H and O–H groups in total. The monoisotopic (exact) mass is 247 g/mol. The molecule has 2 aromatic rings. The van der Waals surface area contributed by atoms with Gasteiger partial charge in [0, 0.05) is 0 Å². The van der Waals surface area contributed by atoms with Gasteiger partial charge in [-0.25, -0.2) is 0 Å². The van der Waals surface area contributed by atoms with E-state index in [-0.39, 0.29) is 11.5 Å². The number of para-hydroxylation sites is 1. The van der Waals surface area contributed by atoms with Gasteiger partial charge in [-0.05, 0) is 35.9 Å². The highest BCUT2D eigenvalue weighted by molar-refractivity contribution is 6.14. The zero-order valence-electron chi connectivity index (χ0n) is 9.96. The van der Waals surface area contributed by atoms with Crippen LogP contribution in [0.25, 0.3) is 6.08 Å². The molecule has 3 heteroatoms. The van der Waals surface area contributed by atoms with Gasteiger partial charge in [0.1, 0.15) is 5.75 Å². The molecule has 1 aliphatic rings. The second-order valence-corrected chi connectivity index (χ2v) is 4.17. The summed E-state index contributed by atoms with van der Waals surface area (Å²) < 4.78 is 5.53. The fourth-order valence-electron chi connectivity index (χ4n) is 1.99. The van der Waals surface area contributed by atoms with Crippen LogP contribution in [0.15, 0.2) is 54.3 Å². The quantitative estimate of drug-likeness (QED) is 0.727. The molecule has 0 saturated carbocycles. The predicted molar refractivity (Wildman–Crippen MR) is 70.5 cm³/mol. The van der Waals surface area contributed by atoms with Gasteiger partial charge in [0.25, 0.3) is 0 Å². The summed E-state index contributed by atoms with van der Waals surface area (Å²) in [5, 5.41) is 8.85. The molecule has 0 amide bonds. The van der Waals surface area contributed by atoms with Crippen molar-refractivity contribution in [3.8, 4) is 11.8 Å². The van der Waals surface area contributed by atoms with Crippen molar-refractivity contribution in [2.75, 3.05) is 0 Å². The lowest BCUT2D eigenvalue weighted by Crippen LogP contribution is -1.98. The third-order valence-electron chi connectivity index (χ3n) is 2.89. The molecule has 0 aromatic heterocycles. The van der Waals surface area contributed by atoms with E-state index in [4.69, 9.17) is 10.00 Å². The Morgan fingerprint density at radius 3 is 2.74 bits per heavy atom. The molecule has 0 saturated heterocycles. The van der Waals surface area contributed by atoms with Crippen molar-refractivity contribution in [2.45, 2.75) is 0 Å². The minimum Gasteiger partial charge on any atom is -0.452 e. The maximum atomic E-state index is 12.1. The third kappa shape index (κ3) is 2.00. The van der Waals surface area contributed by atoms with E-state index in [0.29, 0.717) is 16.9 Å². The summed E-state index contributed by atoms with van der Waals surface area (Å²) in [6.07, 6.45) is 1.66. The molecule has 0 atom stereocenters. The minimum atomic E-state index is -0.127. The van der Waals surface area contributed by atoms with E-state index in [1.54, 1.807) is 42.5 Å². The first-order chi connectivity index (χ1) is 9.28. The van der Waals surface area contributed by atoms with E-state index in [0.717, 1.165) is 5.56 Å². The minimum absolute atomic E-state index is 0.127. The van der Waals surface area contributed by atoms with Gasteiger partial charge in [-0.15, -0.1) is 0 Å². The number of Topliss-reactive ketones (excluding diaryl/α,β-unsaturated/α-hetero) is 1. The summed E-state index contributed by atoms with van der Waals surface area (Å²) in [5.74, 6) is 0.740. The maximum absolute atomic E-state index is 12.1. The molecule has 0 radical (unpaired) electrons. The molecular weight excluding hydrogens is 238 g/mol. The fraction of sp³-hybridized carbons (Fsp3) is 0. The highest BCUT2D eigenvalue weighted by atomic mass is 16.5. The Balaban J connectivity index is 1.99. The van der Waals surface area contributed by atoms with Crippen molar-refractivity contribution < 1.29 is 9.53 Å². The van der Waals surface area contributed by atoms with Crippen LogP contribution in [0.5, 0.6) is 5.75 Å². The summed E-state index contributed by atoms with van der Waals surface area (Å²) in [7, 11) is 0. The van der Waals surface area contributed by atoms with Crippen LogP contribution in [0.4, 0.5) is 0 Å². The van der Waals surface area contributed by atoms with Crippen LogP contribution in [-0.4, -0.2) is 5.78 Å². The Morgan fingerprint density at radius 1 is 1.11 bits per heavy atom. The molecular formula is C16H9NO2. The lowest BCUT2D eigenvalue weighted by Gasteiger charge is -1.98. The van der Waals surface area contributed by atoms with Gasteiger partial charge < -0.3 is 4.74 Å². The summed E-state index contributed by atoms with van der Waals surface area (Å²) in [6, 6.07) is 16.2. The second kappa shape index (κ2) is 4.43. The molecule has 2 aromatic carbocycles. The van der Waals surface area contributed by atoms with Crippen molar-refractivity contribution >= 4 is 11.9 Å². The average molecular weight is 247 g/mol. The topological polar surface area (TPSA) is 50.1 Å². The normalized spacial score (nSPS) is 14.9. The van der Waals surface area contributed by atoms with Gasteiger partial charge >= 0.3 is 0 Å². The van der Waals surface area contributed by atoms with Gasteiger partial charge in [-0.2, -0.15) is 5.26 Å². The molecule has 0 spiro atoms. The number of carbonyl (C=O) groups is 1. The van der Waals surface area contributed by atoms with Gasteiger partial charge in [0.05, 0.1) is 17.2 Å². The average Bonchev–Trinajstić information content (AvgIpc) is 2.76. The second-order valence-electron chi connectivity index (χ2n) is 4.17. The zero-order chi connectivity index (χ0) is 13.2. The lowest BCUT2D eigenvalue weighted by molar-refractivity contribution is 0.101. The fourth-order valence-corrected chi connectivity index (χ4v) is 1.99. The van der Waals surface area contributed by atoms with Crippen LogP contribution in [0, 0.1) is 11.3 Å². The molecule has 3 rings (SSSR count). The van der Waals surface area contributed by atoms with Crippen molar-refractivity contribution in [2.24, 2.45) is 0 Å². The number of rotatable bonds is 1. The van der Waals surface area contributed by atoms with Gasteiger partial charge in [-0.3, -0.25) is 4.79 Å². The van der Waals surface area contributed by atoms with Crippen molar-refractivity contribution in [1.82, 2.24) is 0 Å². The first-order valence-electron chi connectivity index (χ1n) is 5.81. The first kappa shape index (κ1) is 11.2. The molecule has 0 fully saturated rings. The first-order valence-corrected chi connectivity index (χ1v) is 5.81. The summed E-state index contributed by atoms with van der Waals surface area (Å²) in [6.45, 7) is 0. The van der Waals surface area contributed by atoms with E-state index in [1.807, 2.05) is 12.1 Å². The molecule has 1 aliphatic heterocycles. The van der Waals surface area contributed by atoms with Crippen LogP contribution >= 0.6 is 0 Å². The maximum Gasteiger partial charge on any atom is 0.231 e.